The molecule has 28 heavy (non-hydrogen) atoms. The molecule has 0 saturated carbocycles. The van der Waals surface area contributed by atoms with E-state index in [0.29, 0.717) is 22.2 Å². The first-order valence-corrected chi connectivity index (χ1v) is 9.57. The molecule has 0 unspecified atom stereocenters. The van der Waals surface area contributed by atoms with Crippen LogP contribution in [0, 0.1) is 0 Å². The normalized spacial score (nSPS) is 10.3. The van der Waals surface area contributed by atoms with Crippen LogP contribution in [0.5, 0.6) is 0 Å². The molecule has 7 heteroatoms. The van der Waals surface area contributed by atoms with Gasteiger partial charge in [0.15, 0.2) is 5.13 Å². The Hall–Kier alpha value is -2.93. The van der Waals surface area contributed by atoms with E-state index in [0.717, 1.165) is 11.1 Å². The standard InChI is InChI=1S/C21H28N4O2S/c1-9-11-16(7)17-13-28-21(22-17)23-18(26)12-25(10-2)19(14(3)4)20(27)24(8)15(5)6/h9-11,13H,2,5,7,12H2,1,3-4,6,8H3,(H,22,23,26)/b11-9-. The summed E-state index contributed by atoms with van der Waals surface area (Å²) in [4.78, 5) is 32.6. The van der Waals surface area contributed by atoms with E-state index in [2.05, 4.69) is 30.0 Å². The lowest BCUT2D eigenvalue weighted by molar-refractivity contribution is -0.125. The van der Waals surface area contributed by atoms with Crippen molar-refractivity contribution < 1.29 is 9.59 Å². The van der Waals surface area contributed by atoms with Crippen LogP contribution in [0.3, 0.4) is 0 Å². The molecule has 1 aromatic heterocycles. The molecule has 0 saturated heterocycles. The lowest BCUT2D eigenvalue weighted by Crippen LogP contribution is -2.37. The Morgan fingerprint density at radius 1 is 1.29 bits per heavy atom. The van der Waals surface area contributed by atoms with Crippen LogP contribution in [0.4, 0.5) is 5.13 Å². The van der Waals surface area contributed by atoms with E-state index >= 15 is 0 Å². The number of thiazole rings is 1. The number of nitrogens with one attached hydrogen (secondary N) is 1. The van der Waals surface area contributed by atoms with Gasteiger partial charge in [0, 0.05) is 18.1 Å². The number of aromatic nitrogens is 1. The molecule has 0 aliphatic rings. The van der Waals surface area contributed by atoms with Gasteiger partial charge in [-0.15, -0.1) is 11.3 Å². The van der Waals surface area contributed by atoms with E-state index < -0.39 is 0 Å². The van der Waals surface area contributed by atoms with Crippen molar-refractivity contribution in [3.05, 3.63) is 66.1 Å². The minimum absolute atomic E-state index is 0.0650. The highest BCUT2D eigenvalue weighted by Gasteiger charge is 2.23. The summed E-state index contributed by atoms with van der Waals surface area (Å²) in [6.45, 7) is 18.7. The van der Waals surface area contributed by atoms with Gasteiger partial charge in [-0.05, 0) is 45.0 Å². The predicted molar refractivity (Wildman–Crippen MR) is 117 cm³/mol. The zero-order valence-corrected chi connectivity index (χ0v) is 18.0. The smallest absolute Gasteiger partial charge is 0.274 e. The Morgan fingerprint density at radius 3 is 2.43 bits per heavy atom. The first kappa shape index (κ1) is 23.1. The highest BCUT2D eigenvalue weighted by Crippen LogP contribution is 2.22. The van der Waals surface area contributed by atoms with Crippen LogP contribution in [0.25, 0.3) is 5.57 Å². The fraction of sp³-hybridized carbons (Fsp3) is 0.286. The number of anilines is 1. The number of hydrogen-bond acceptors (Lipinski definition) is 5. The molecule has 0 aliphatic heterocycles. The number of nitrogens with zero attached hydrogens (tertiary/aromatic N) is 3. The van der Waals surface area contributed by atoms with Crippen LogP contribution in [0.2, 0.25) is 0 Å². The van der Waals surface area contributed by atoms with Crippen molar-refractivity contribution in [3.63, 3.8) is 0 Å². The predicted octanol–water partition coefficient (Wildman–Crippen LogP) is 4.40. The Balaban J connectivity index is 2.94. The minimum atomic E-state index is -0.304. The maximum absolute atomic E-state index is 12.8. The Bertz CT molecular complexity index is 844. The van der Waals surface area contributed by atoms with Crippen LogP contribution in [0.15, 0.2) is 60.4 Å². The first-order valence-electron chi connectivity index (χ1n) is 8.69. The van der Waals surface area contributed by atoms with Crippen molar-refractivity contribution >= 4 is 33.9 Å². The third-order valence-electron chi connectivity index (χ3n) is 3.82. The molecule has 0 atom stereocenters. The second kappa shape index (κ2) is 10.4. The highest BCUT2D eigenvalue weighted by molar-refractivity contribution is 7.14. The molecule has 0 radical (unpaired) electrons. The van der Waals surface area contributed by atoms with Gasteiger partial charge in [0.25, 0.3) is 5.91 Å². The molecule has 150 valence electrons. The molecule has 0 fully saturated rings. The fourth-order valence-electron chi connectivity index (χ4n) is 2.27. The maximum Gasteiger partial charge on any atom is 0.274 e. The Labute approximate surface area is 171 Å². The highest BCUT2D eigenvalue weighted by atomic mass is 32.1. The number of hydrogen-bond donors (Lipinski definition) is 1. The van der Waals surface area contributed by atoms with E-state index in [1.807, 2.05) is 38.3 Å². The van der Waals surface area contributed by atoms with Crippen LogP contribution >= 0.6 is 11.3 Å². The average Bonchev–Trinajstić information content (AvgIpc) is 3.08. The van der Waals surface area contributed by atoms with Crippen LogP contribution in [-0.4, -0.2) is 40.2 Å². The third kappa shape index (κ3) is 6.06. The number of allylic oxidation sites excluding steroid dienone is 5. The summed E-state index contributed by atoms with van der Waals surface area (Å²) >= 11 is 1.32. The van der Waals surface area contributed by atoms with Gasteiger partial charge in [-0.25, -0.2) is 4.98 Å². The second-order valence-corrected chi connectivity index (χ2v) is 7.23. The van der Waals surface area contributed by atoms with Crippen LogP contribution in [0.1, 0.15) is 33.4 Å². The third-order valence-corrected chi connectivity index (χ3v) is 4.58. The molecule has 2 amide bonds. The topological polar surface area (TPSA) is 65.5 Å². The first-order chi connectivity index (χ1) is 13.1. The van der Waals surface area contributed by atoms with Crippen LogP contribution in [-0.2, 0) is 9.59 Å². The van der Waals surface area contributed by atoms with Gasteiger partial charge in [0.1, 0.15) is 12.2 Å². The summed E-state index contributed by atoms with van der Waals surface area (Å²) in [5, 5.41) is 5.06. The molecule has 0 spiro atoms. The van der Waals surface area contributed by atoms with Gasteiger partial charge in [0.05, 0.1) is 5.69 Å². The van der Waals surface area contributed by atoms with Gasteiger partial charge in [-0.3, -0.25) is 9.59 Å². The van der Waals surface area contributed by atoms with E-state index in [1.165, 1.54) is 27.3 Å². The average molecular weight is 401 g/mol. The molecular formula is C21H28N4O2S. The summed E-state index contributed by atoms with van der Waals surface area (Å²) in [5.74, 6) is -0.554. The molecule has 0 bridgehead atoms. The zero-order valence-electron chi connectivity index (χ0n) is 17.2. The fourth-order valence-corrected chi connectivity index (χ4v) is 3.02. The summed E-state index contributed by atoms with van der Waals surface area (Å²) in [5.41, 5.74) is 3.24. The van der Waals surface area contributed by atoms with Gasteiger partial charge in [0.2, 0.25) is 5.91 Å². The van der Waals surface area contributed by atoms with Crippen molar-refractivity contribution in [3.8, 4) is 0 Å². The van der Waals surface area contributed by atoms with Crippen LogP contribution < -0.4 is 5.32 Å². The van der Waals surface area contributed by atoms with Gasteiger partial charge in [-0.2, -0.15) is 0 Å². The second-order valence-electron chi connectivity index (χ2n) is 6.37. The molecule has 6 nitrogen and oxygen atoms in total. The lowest BCUT2D eigenvalue weighted by Gasteiger charge is -2.27. The van der Waals surface area contributed by atoms with Crippen molar-refractivity contribution in [1.82, 2.24) is 14.8 Å². The van der Waals surface area contributed by atoms with Gasteiger partial charge < -0.3 is 15.1 Å². The van der Waals surface area contributed by atoms with E-state index in [1.54, 1.807) is 14.0 Å². The summed E-state index contributed by atoms with van der Waals surface area (Å²) in [7, 11) is 1.64. The van der Waals surface area contributed by atoms with Gasteiger partial charge >= 0.3 is 0 Å². The van der Waals surface area contributed by atoms with Crippen molar-refractivity contribution in [2.24, 2.45) is 0 Å². The van der Waals surface area contributed by atoms with E-state index in [9.17, 15) is 9.59 Å². The number of rotatable bonds is 9. The van der Waals surface area contributed by atoms with E-state index in [-0.39, 0.29) is 18.4 Å². The summed E-state index contributed by atoms with van der Waals surface area (Å²) in [6, 6.07) is 0. The molecular weight excluding hydrogens is 372 g/mol. The van der Waals surface area contributed by atoms with Crippen molar-refractivity contribution in [2.75, 3.05) is 18.9 Å². The largest absolute Gasteiger partial charge is 0.335 e. The lowest BCUT2D eigenvalue weighted by atomic mass is 10.2. The molecule has 1 N–H and O–H groups in total. The number of likely N-dealkylation sites (N-methyl/N-ethyl adjacent to an activating group) is 1. The monoisotopic (exact) mass is 400 g/mol. The number of amides is 2. The van der Waals surface area contributed by atoms with Gasteiger partial charge in [-0.1, -0.05) is 31.9 Å². The quantitative estimate of drug-likeness (QED) is 0.493. The molecule has 0 aromatic carbocycles. The minimum Gasteiger partial charge on any atom is -0.335 e. The molecule has 0 aliphatic carbocycles. The zero-order chi connectivity index (χ0) is 21.4. The van der Waals surface area contributed by atoms with Crippen molar-refractivity contribution in [2.45, 2.75) is 27.7 Å². The Morgan fingerprint density at radius 2 is 1.93 bits per heavy atom. The number of carbonyl (C=O) groups is 2. The molecule has 1 aromatic rings. The summed E-state index contributed by atoms with van der Waals surface area (Å²) in [6.07, 6.45) is 5.19. The molecule has 1 heterocycles. The molecule has 1 rings (SSSR count). The summed E-state index contributed by atoms with van der Waals surface area (Å²) < 4.78 is 0. The van der Waals surface area contributed by atoms with E-state index in [4.69, 9.17) is 0 Å². The number of carbonyl (C=O) groups excluding carboxylic acids is 2. The van der Waals surface area contributed by atoms with Crippen molar-refractivity contribution in [1.29, 1.82) is 0 Å². The maximum atomic E-state index is 12.8. The Kier molecular flexibility index (Phi) is 8.60. The SMILES string of the molecule is C=CN(CC(=O)Nc1nc(C(=C)/C=C\C)cs1)C(C(=O)N(C)C(=C)C)=C(C)C.